The number of fused-ring (bicyclic) bond motifs is 1. The van der Waals surface area contributed by atoms with E-state index in [9.17, 15) is 0 Å². The molecule has 0 aliphatic rings. The van der Waals surface area contributed by atoms with Gasteiger partial charge in [0.25, 0.3) is 5.89 Å². The molecule has 0 fully saturated rings. The Morgan fingerprint density at radius 3 is 2.68 bits per heavy atom. The molecule has 0 saturated heterocycles. The Morgan fingerprint density at radius 2 is 1.84 bits per heavy atom. The van der Waals surface area contributed by atoms with Crippen molar-refractivity contribution in [2.24, 2.45) is 0 Å². The Bertz CT molecular complexity index is 1010. The summed E-state index contributed by atoms with van der Waals surface area (Å²) in [7, 11) is 0. The fourth-order valence-corrected chi connectivity index (χ4v) is 2.77. The summed E-state index contributed by atoms with van der Waals surface area (Å²) >= 11 is 0. The van der Waals surface area contributed by atoms with Gasteiger partial charge in [-0.1, -0.05) is 35.5 Å². The molecule has 2 aromatic carbocycles. The van der Waals surface area contributed by atoms with Crippen molar-refractivity contribution in [1.82, 2.24) is 20.1 Å². The minimum atomic E-state index is -0.154. The van der Waals surface area contributed by atoms with Gasteiger partial charge in [0, 0.05) is 10.9 Å². The molecule has 2 aromatic heterocycles. The third kappa shape index (κ3) is 2.94. The van der Waals surface area contributed by atoms with Crippen molar-refractivity contribution in [1.29, 1.82) is 0 Å². The van der Waals surface area contributed by atoms with Crippen LogP contribution in [-0.2, 0) is 0 Å². The standard InChI is InChI=1S/C19H17N5O/c1-12-7-6-10-15-16(12)18(21-11-20-15)22-13(2)17-23-19(25-24-17)14-8-4-3-5-9-14/h3-11,13H,1-2H3,(H,20,21,22). The highest BCUT2D eigenvalue weighted by atomic mass is 16.5. The van der Waals surface area contributed by atoms with Crippen LogP contribution >= 0.6 is 0 Å². The summed E-state index contributed by atoms with van der Waals surface area (Å²) in [6.07, 6.45) is 1.56. The fourth-order valence-electron chi connectivity index (χ4n) is 2.77. The van der Waals surface area contributed by atoms with Crippen LogP contribution in [0, 0.1) is 6.92 Å². The van der Waals surface area contributed by atoms with Gasteiger partial charge in [0.15, 0.2) is 5.82 Å². The van der Waals surface area contributed by atoms with Crippen molar-refractivity contribution < 1.29 is 4.52 Å². The molecule has 4 rings (SSSR count). The van der Waals surface area contributed by atoms with E-state index >= 15 is 0 Å². The molecular formula is C19H17N5O. The van der Waals surface area contributed by atoms with Crippen molar-refractivity contribution in [2.75, 3.05) is 5.32 Å². The highest BCUT2D eigenvalue weighted by Gasteiger charge is 2.17. The number of anilines is 1. The Hall–Kier alpha value is -3.28. The van der Waals surface area contributed by atoms with Gasteiger partial charge in [0.2, 0.25) is 0 Å². The van der Waals surface area contributed by atoms with E-state index in [4.69, 9.17) is 4.52 Å². The van der Waals surface area contributed by atoms with Crippen LogP contribution in [0.2, 0.25) is 0 Å². The van der Waals surface area contributed by atoms with Gasteiger partial charge in [-0.2, -0.15) is 4.98 Å². The van der Waals surface area contributed by atoms with Crippen LogP contribution in [0.25, 0.3) is 22.4 Å². The third-order valence-corrected chi connectivity index (χ3v) is 4.07. The van der Waals surface area contributed by atoms with Gasteiger partial charge in [-0.25, -0.2) is 9.97 Å². The summed E-state index contributed by atoms with van der Waals surface area (Å²) in [6.45, 7) is 4.02. The molecule has 0 radical (unpaired) electrons. The van der Waals surface area contributed by atoms with Crippen LogP contribution in [0.15, 0.2) is 59.4 Å². The van der Waals surface area contributed by atoms with E-state index in [0.717, 1.165) is 27.8 Å². The maximum atomic E-state index is 5.39. The SMILES string of the molecule is Cc1cccc2ncnc(NC(C)c3noc(-c4ccccc4)n3)c12. The lowest BCUT2D eigenvalue weighted by Crippen LogP contribution is -2.10. The molecule has 124 valence electrons. The molecule has 25 heavy (non-hydrogen) atoms. The van der Waals surface area contributed by atoms with Crippen molar-refractivity contribution in [3.05, 3.63) is 66.2 Å². The monoisotopic (exact) mass is 331 g/mol. The van der Waals surface area contributed by atoms with E-state index in [1.807, 2.05) is 62.4 Å². The second-order valence-corrected chi connectivity index (χ2v) is 5.88. The van der Waals surface area contributed by atoms with Gasteiger partial charge in [0.05, 0.1) is 11.6 Å². The second kappa shape index (κ2) is 6.32. The highest BCUT2D eigenvalue weighted by molar-refractivity contribution is 5.91. The van der Waals surface area contributed by atoms with Gasteiger partial charge in [0.1, 0.15) is 12.1 Å². The number of aryl methyl sites for hydroxylation is 1. The zero-order chi connectivity index (χ0) is 17.2. The van der Waals surface area contributed by atoms with Crippen molar-refractivity contribution in [2.45, 2.75) is 19.9 Å². The predicted octanol–water partition coefficient (Wildman–Crippen LogP) is 4.16. The molecule has 0 saturated carbocycles. The normalized spacial score (nSPS) is 12.2. The quantitative estimate of drug-likeness (QED) is 0.605. The molecule has 1 atom stereocenters. The van der Waals surface area contributed by atoms with Crippen LogP contribution in [0.4, 0.5) is 5.82 Å². The third-order valence-electron chi connectivity index (χ3n) is 4.07. The van der Waals surface area contributed by atoms with Gasteiger partial charge in [-0.05, 0) is 37.6 Å². The predicted molar refractivity (Wildman–Crippen MR) is 96.0 cm³/mol. The molecule has 6 nitrogen and oxygen atoms in total. The Kier molecular flexibility index (Phi) is 3.85. The van der Waals surface area contributed by atoms with E-state index in [0.29, 0.717) is 11.7 Å². The minimum absolute atomic E-state index is 0.154. The average Bonchev–Trinajstić information content (AvgIpc) is 3.13. The number of nitrogens with one attached hydrogen (secondary N) is 1. The molecule has 0 amide bonds. The lowest BCUT2D eigenvalue weighted by Gasteiger charge is -2.13. The minimum Gasteiger partial charge on any atom is -0.360 e. The topological polar surface area (TPSA) is 76.7 Å². The first-order valence-corrected chi connectivity index (χ1v) is 8.08. The van der Waals surface area contributed by atoms with Crippen LogP contribution in [0.1, 0.15) is 24.4 Å². The zero-order valence-corrected chi connectivity index (χ0v) is 14.0. The van der Waals surface area contributed by atoms with Gasteiger partial charge >= 0.3 is 0 Å². The molecular weight excluding hydrogens is 314 g/mol. The zero-order valence-electron chi connectivity index (χ0n) is 14.0. The van der Waals surface area contributed by atoms with Crippen molar-refractivity contribution in [3.8, 4) is 11.5 Å². The summed E-state index contributed by atoms with van der Waals surface area (Å²) in [5, 5.41) is 8.47. The second-order valence-electron chi connectivity index (χ2n) is 5.88. The number of hydrogen-bond acceptors (Lipinski definition) is 6. The summed E-state index contributed by atoms with van der Waals surface area (Å²) < 4.78 is 5.39. The van der Waals surface area contributed by atoms with Gasteiger partial charge in [-0.3, -0.25) is 0 Å². The highest BCUT2D eigenvalue weighted by Crippen LogP contribution is 2.26. The maximum absolute atomic E-state index is 5.39. The van der Waals surface area contributed by atoms with E-state index < -0.39 is 0 Å². The molecule has 0 aliphatic carbocycles. The summed E-state index contributed by atoms with van der Waals surface area (Å²) in [5.74, 6) is 1.86. The lowest BCUT2D eigenvalue weighted by molar-refractivity contribution is 0.420. The molecule has 0 bridgehead atoms. The van der Waals surface area contributed by atoms with E-state index in [1.165, 1.54) is 0 Å². The number of hydrogen-bond donors (Lipinski definition) is 1. The lowest BCUT2D eigenvalue weighted by atomic mass is 10.1. The molecule has 0 spiro atoms. The molecule has 2 heterocycles. The summed E-state index contributed by atoms with van der Waals surface area (Å²) in [6, 6.07) is 15.6. The first kappa shape index (κ1) is 15.3. The molecule has 1 unspecified atom stereocenters. The van der Waals surface area contributed by atoms with E-state index in [1.54, 1.807) is 6.33 Å². The van der Waals surface area contributed by atoms with Crippen LogP contribution in [0.3, 0.4) is 0 Å². The van der Waals surface area contributed by atoms with Crippen molar-refractivity contribution >= 4 is 16.7 Å². The van der Waals surface area contributed by atoms with Gasteiger partial charge < -0.3 is 9.84 Å². The molecule has 6 heteroatoms. The Balaban J connectivity index is 1.63. The number of rotatable bonds is 4. The molecule has 4 aromatic rings. The molecule has 1 N–H and O–H groups in total. The first-order valence-electron chi connectivity index (χ1n) is 8.08. The largest absolute Gasteiger partial charge is 0.360 e. The average molecular weight is 331 g/mol. The summed E-state index contributed by atoms with van der Waals surface area (Å²) in [5.41, 5.74) is 2.92. The first-order chi connectivity index (χ1) is 12.2. The van der Waals surface area contributed by atoms with Crippen LogP contribution in [-0.4, -0.2) is 20.1 Å². The number of nitrogens with zero attached hydrogens (tertiary/aromatic N) is 4. The molecule has 0 aliphatic heterocycles. The van der Waals surface area contributed by atoms with E-state index in [2.05, 4.69) is 25.4 Å². The summed E-state index contributed by atoms with van der Waals surface area (Å²) in [4.78, 5) is 13.2. The van der Waals surface area contributed by atoms with Crippen molar-refractivity contribution in [3.63, 3.8) is 0 Å². The smallest absolute Gasteiger partial charge is 0.257 e. The van der Waals surface area contributed by atoms with E-state index in [-0.39, 0.29) is 6.04 Å². The Labute approximate surface area is 144 Å². The van der Waals surface area contributed by atoms with Crippen LogP contribution in [0.5, 0.6) is 0 Å². The number of aromatic nitrogens is 4. The van der Waals surface area contributed by atoms with Gasteiger partial charge in [-0.15, -0.1) is 0 Å². The Morgan fingerprint density at radius 1 is 1.00 bits per heavy atom. The fraction of sp³-hybridized carbons (Fsp3) is 0.158. The number of benzene rings is 2. The van der Waals surface area contributed by atoms with Crippen LogP contribution < -0.4 is 5.32 Å². The maximum Gasteiger partial charge on any atom is 0.257 e.